The summed E-state index contributed by atoms with van der Waals surface area (Å²) in [5, 5.41) is 22.1. The van der Waals surface area contributed by atoms with Gasteiger partial charge in [0.25, 0.3) is 11.8 Å². The number of aromatic hydroxyl groups is 1. The Balaban J connectivity index is 0.000000115. The number of carboxylic acids is 1. The molecule has 0 unspecified atom stereocenters. The number of ether oxygens (including phenoxy) is 4. The number of carbonyl (C=O) groups is 8. The van der Waals surface area contributed by atoms with Crippen LogP contribution in [0.5, 0.6) is 40.2 Å². The van der Waals surface area contributed by atoms with Crippen LogP contribution in [0.1, 0.15) is 238 Å². The van der Waals surface area contributed by atoms with Gasteiger partial charge in [-0.2, -0.15) is 0 Å². The average molecular weight is 2510 g/mol. The third-order valence-electron chi connectivity index (χ3n) is 30.2. The molecule has 7 aromatic rings. The van der Waals surface area contributed by atoms with Gasteiger partial charge in [-0.25, -0.2) is 14.4 Å². The van der Waals surface area contributed by atoms with Gasteiger partial charge in [0.2, 0.25) is 17.2 Å². The number of aryl methyl sites for hydroxylation is 7. The largest absolute Gasteiger partial charge is 0.508 e. The van der Waals surface area contributed by atoms with Gasteiger partial charge in [-0.1, -0.05) is 6.07 Å². The van der Waals surface area contributed by atoms with Gasteiger partial charge in [0.05, 0.1) is 28.3 Å². The summed E-state index contributed by atoms with van der Waals surface area (Å²) >= 11 is 9.54. The van der Waals surface area contributed by atoms with Crippen molar-refractivity contribution in [3.8, 4) is 40.2 Å². The van der Waals surface area contributed by atoms with E-state index in [4.69, 9.17) is 29.1 Å². The van der Waals surface area contributed by atoms with Gasteiger partial charge in [-0.3, -0.25) is 43.4 Å². The second-order valence-electron chi connectivity index (χ2n) is 38.5. The summed E-state index contributed by atoms with van der Waals surface area (Å²) in [5.41, 5.74) is 31.0. The molecule has 4 amide bonds. The number of hydroxylamine groups is 2. The van der Waals surface area contributed by atoms with E-state index in [0.717, 1.165) is 243 Å². The number of phenolic OH excluding ortho intramolecular Hbond substituents is 1. The van der Waals surface area contributed by atoms with E-state index in [1.165, 1.54) is 214 Å². The molecule has 32 heteroatoms. The van der Waals surface area contributed by atoms with Gasteiger partial charge in [0.1, 0.15) is 29.9 Å². The summed E-state index contributed by atoms with van der Waals surface area (Å²) in [6.45, 7) is 15.7. The van der Waals surface area contributed by atoms with Crippen LogP contribution in [-0.2, 0) is 138 Å². The number of benzene rings is 7. The summed E-state index contributed by atoms with van der Waals surface area (Å²) in [4.78, 5) is 125. The van der Waals surface area contributed by atoms with Gasteiger partial charge in [0, 0.05) is 253 Å². The zero-order valence-corrected chi connectivity index (χ0v) is 89.6. The Hall–Kier alpha value is -7.32. The van der Waals surface area contributed by atoms with Crippen molar-refractivity contribution < 1.29 is 85.6 Å². The zero-order chi connectivity index (χ0) is 92.1. The smallest absolute Gasteiger partial charge is 0.333 e. The zero-order valence-electron chi connectivity index (χ0n) is 76.5. The number of imide groups is 1. The number of hydrogen-bond acceptors (Lipinski definition) is 21. The van der Waals surface area contributed by atoms with Crippen molar-refractivity contribution >= 4 is 209 Å². The molecule has 0 saturated carbocycles. The Morgan fingerprint density at radius 2 is 0.719 bits per heavy atom. The Kier molecular flexibility index (Phi) is 30.5. The minimum absolute atomic E-state index is 0. The number of fused-ring (bicyclic) bond motifs is 12. The average Bonchev–Trinajstić information content (AvgIpc) is 1.31. The SMILES string of the molecule is I.II.I[I-]I.O=C(CCCC(=O)N1c2cc3c4c(c2Oc2c1cc1c5c2CCCN5CCC1)CCCN4CCC3)ON1C(=O)CCC1=O.O=C(O)CCCC(=O)N1c2cc3c4c(c2Oc2c1cc1c5c2CCCN5CCC1)CCCN4CCC3.O=C1CCCC(=O)O1.Oc1ccc2c3c1CCCN3CCC2.c1c2c3c(c4c1N=c1cc5c6c(c1O4)CCC[N+]=6CCC5)CCCN3CCC2. The number of rotatable bonds is 9. The van der Waals surface area contributed by atoms with Gasteiger partial charge in [-0.15, -0.1) is 29.0 Å². The standard InChI is InChI=1S/C33H36N4O6.C29H33N3O4.C24H26N3O.C12H15NO.C5H6O3.I3.I2.HI/c38-26(10-1-11-29(41)43-37-27(39)12-13-28(37)40)36-24-18-20-6-2-14-34-16-4-8-22(30(20)34)32(24)42-33-23-9-5-17-35-15-3-7-21(31(23)35)19-25(33)36;33-24(10-1-11-25(34)35)32-22-16-18-6-2-12-30-14-4-8-20(26(18)30)28(22)36-29-21-9-5-15-31-13-3-7-19(27(21)31)17-23(29)32;1-5-15-13-19-23(17-7-3-11-26(9-1)21(15)17)28-24-18-8-4-12-27-10-2-6-16(22(18)27)14-20(24)25-19;14-11-6-5-9-3-1-7-13-8-2-4-10(11)12(9)13;6-4-2-1-3-5(7)8-4;1-3-2;1-2;/h18-19H,1-17H2;16-17H,1-15H2,(H,34,35);13-14H,1-12H2;5-6,14H,1-4,7-8H2;1-3H2;;;1H/q;;+1;;;-1;;. The van der Waals surface area contributed by atoms with Crippen molar-refractivity contribution in [1.82, 2.24) is 9.64 Å². The fraction of sp³-hybridized carbons (Fsp3) is 0.515. The summed E-state index contributed by atoms with van der Waals surface area (Å²) in [7, 11) is 0. The first-order valence-electron chi connectivity index (χ1n) is 49.2. The number of hydrogen-bond donors (Lipinski definition) is 2. The summed E-state index contributed by atoms with van der Waals surface area (Å²) in [6.07, 6.45) is 33.1. The molecule has 19 aliphatic rings. The van der Waals surface area contributed by atoms with Crippen LogP contribution in [0.15, 0.2) is 53.5 Å². The van der Waals surface area contributed by atoms with Gasteiger partial charge in [0.15, 0.2) is 34.5 Å². The van der Waals surface area contributed by atoms with Crippen molar-refractivity contribution in [1.29, 1.82) is 0 Å². The third kappa shape index (κ3) is 19.1. The molecule has 19 heterocycles. The first-order chi connectivity index (χ1) is 65.5. The number of carboxylic acid groups (broad SMARTS) is 1. The number of phenols is 1. The number of amides is 4. The van der Waals surface area contributed by atoms with E-state index in [9.17, 15) is 43.5 Å². The van der Waals surface area contributed by atoms with Gasteiger partial charge < -0.3 is 63.4 Å². The maximum atomic E-state index is 14.2. The number of nitrogens with zero attached hydrogens (tertiary/aromatic N) is 11. The first-order valence-corrected chi connectivity index (χ1v) is 68.0. The van der Waals surface area contributed by atoms with Crippen LogP contribution in [0.3, 0.4) is 0 Å². The van der Waals surface area contributed by atoms with E-state index < -0.39 is 23.8 Å². The molecular formula is C103H117I6N11O15. The van der Waals surface area contributed by atoms with Gasteiger partial charge >= 0.3 is 74.4 Å². The van der Waals surface area contributed by atoms with E-state index in [0.29, 0.717) is 49.8 Å². The Morgan fingerprint density at radius 3 is 1.12 bits per heavy atom. The monoisotopic (exact) mass is 2510 g/mol. The molecule has 2 fully saturated rings. The number of carbonyl (C=O) groups excluding carboxylic acids is 7. The molecule has 2 saturated heterocycles. The molecule has 716 valence electrons. The topological polar surface area (TPSA) is 268 Å². The van der Waals surface area contributed by atoms with Gasteiger partial charge in [-0.05, 0) is 262 Å². The van der Waals surface area contributed by atoms with E-state index in [2.05, 4.69) is 156 Å². The van der Waals surface area contributed by atoms with E-state index in [-0.39, 0.29) is 92.7 Å². The minimum Gasteiger partial charge on any atom is -0.508 e. The molecule has 135 heavy (non-hydrogen) atoms. The van der Waals surface area contributed by atoms with Crippen LogP contribution in [0, 0.1) is 0 Å². The summed E-state index contributed by atoms with van der Waals surface area (Å²) in [5.74, 6) is 2.46. The molecule has 19 aliphatic heterocycles. The summed E-state index contributed by atoms with van der Waals surface area (Å²) < 4.78 is 27.4. The molecule has 0 atom stereocenters. The number of halogens is 6. The van der Waals surface area contributed by atoms with E-state index >= 15 is 0 Å². The fourth-order valence-corrected chi connectivity index (χ4v) is 24.8. The van der Waals surface area contributed by atoms with Crippen LogP contribution in [0.2, 0.25) is 0 Å². The van der Waals surface area contributed by atoms with Crippen molar-refractivity contribution in [3.05, 3.63) is 137 Å². The number of aliphatic carboxylic acids is 1. The number of cyclic esters (lactones) is 2. The van der Waals surface area contributed by atoms with E-state index in [1.54, 1.807) is 0 Å². The molecule has 7 aromatic carbocycles. The quantitative estimate of drug-likeness (QED) is 0.0447. The summed E-state index contributed by atoms with van der Waals surface area (Å²) in [6, 6.07) is 17.3. The number of anilines is 10. The second-order valence-corrected chi connectivity index (χ2v) is 54.7. The molecule has 0 radical (unpaired) electrons. The van der Waals surface area contributed by atoms with Crippen LogP contribution < -0.4 is 82.0 Å². The molecule has 26 rings (SSSR count). The molecular weight excluding hydrogens is 2390 g/mol. The van der Waals surface area contributed by atoms with Crippen molar-refractivity contribution in [2.24, 2.45) is 4.99 Å². The molecule has 2 N–H and O–H groups in total. The predicted molar refractivity (Wildman–Crippen MR) is 561 cm³/mol. The van der Waals surface area contributed by atoms with E-state index in [1.807, 2.05) is 15.9 Å². The Bertz CT molecular complexity index is 5880. The third-order valence-corrected chi connectivity index (χ3v) is 30.2. The van der Waals surface area contributed by atoms with Crippen molar-refractivity contribution in [2.75, 3.05) is 131 Å². The van der Waals surface area contributed by atoms with Crippen LogP contribution >= 0.6 is 98.4 Å². The maximum Gasteiger partial charge on any atom is 0.333 e. The van der Waals surface area contributed by atoms with Crippen molar-refractivity contribution in [2.45, 2.75) is 250 Å². The molecule has 26 nitrogen and oxygen atoms in total. The predicted octanol–water partition coefficient (Wildman–Crippen LogP) is 16.1. The molecule has 0 aromatic heterocycles. The maximum absolute atomic E-state index is 14.2. The fourth-order valence-electron chi connectivity index (χ4n) is 24.8. The molecule has 0 aliphatic carbocycles. The first kappa shape index (κ1) is 96.5. The van der Waals surface area contributed by atoms with Crippen LogP contribution in [0.25, 0.3) is 0 Å². The number of esters is 2. The normalized spacial score (nSPS) is 19.2. The molecule has 0 spiro atoms. The Morgan fingerprint density at radius 1 is 0.378 bits per heavy atom. The molecule has 0 bridgehead atoms. The minimum atomic E-state index is -0.859. The Labute approximate surface area is 858 Å². The van der Waals surface area contributed by atoms with Crippen molar-refractivity contribution in [3.63, 3.8) is 0 Å². The second kappa shape index (κ2) is 42.6. The van der Waals surface area contributed by atoms with Crippen LogP contribution in [0.4, 0.5) is 62.6 Å². The van der Waals surface area contributed by atoms with Crippen LogP contribution in [-0.4, -0.2) is 154 Å².